The lowest BCUT2D eigenvalue weighted by Gasteiger charge is -2.14. The Morgan fingerprint density at radius 1 is 1.00 bits per heavy atom. The molecule has 0 saturated carbocycles. The number of nitrogens with two attached hydrogens (primary N) is 2. The fourth-order valence-corrected chi connectivity index (χ4v) is 3.86. The Morgan fingerprint density at radius 2 is 1.72 bits per heavy atom. The van der Waals surface area contributed by atoms with Crippen molar-refractivity contribution in [2.24, 2.45) is 11.5 Å². The number of nitrogens with one attached hydrogen (secondary N) is 4. The maximum absolute atomic E-state index is 12.1. The summed E-state index contributed by atoms with van der Waals surface area (Å²) in [7, 11) is 1.53. The van der Waals surface area contributed by atoms with E-state index in [1.807, 2.05) is 0 Å². The first-order valence-electron chi connectivity index (χ1n) is 10.9. The van der Waals surface area contributed by atoms with Crippen molar-refractivity contribution < 1.29 is 19.8 Å². The molecule has 0 atom stereocenters. The van der Waals surface area contributed by atoms with Crippen LogP contribution in [0.15, 0.2) is 48.5 Å². The molecule has 4 aromatic rings. The third-order valence-electron chi connectivity index (χ3n) is 5.68. The molecule has 0 bridgehead atoms. The minimum atomic E-state index is -0.694. The van der Waals surface area contributed by atoms with Gasteiger partial charge in [-0.1, -0.05) is 6.07 Å². The maximum atomic E-state index is 12.1. The quantitative estimate of drug-likeness (QED) is 0.145. The van der Waals surface area contributed by atoms with E-state index in [2.05, 4.69) is 20.6 Å². The van der Waals surface area contributed by atoms with E-state index in [1.165, 1.54) is 13.1 Å². The van der Waals surface area contributed by atoms with Crippen LogP contribution in [0.2, 0.25) is 0 Å². The molecule has 10 N–H and O–H groups in total. The molecular weight excluding hydrogens is 462 g/mol. The van der Waals surface area contributed by atoms with Crippen molar-refractivity contribution in [1.82, 2.24) is 20.6 Å². The van der Waals surface area contributed by atoms with Crippen LogP contribution in [0, 0.1) is 5.41 Å². The molecular formula is C25H25N7O4. The zero-order chi connectivity index (χ0) is 26.0. The molecule has 11 nitrogen and oxygen atoms in total. The van der Waals surface area contributed by atoms with E-state index in [1.54, 1.807) is 42.5 Å². The van der Waals surface area contributed by atoms with Gasteiger partial charge in [-0.05, 0) is 53.6 Å². The van der Waals surface area contributed by atoms with Crippen molar-refractivity contribution in [3.8, 4) is 34.0 Å². The van der Waals surface area contributed by atoms with Crippen molar-refractivity contribution in [2.75, 3.05) is 7.05 Å². The summed E-state index contributed by atoms with van der Waals surface area (Å²) in [4.78, 5) is 30.9. The summed E-state index contributed by atoms with van der Waals surface area (Å²) in [6, 6.07) is 12.3. The first-order chi connectivity index (χ1) is 17.2. The summed E-state index contributed by atoms with van der Waals surface area (Å²) in [6.07, 6.45) is 0.0230. The molecule has 4 rings (SSSR count). The van der Waals surface area contributed by atoms with E-state index in [0.29, 0.717) is 44.7 Å². The molecule has 0 aliphatic carbocycles. The Bertz CT molecular complexity index is 1510. The van der Waals surface area contributed by atoms with E-state index in [-0.39, 0.29) is 41.8 Å². The van der Waals surface area contributed by atoms with Crippen molar-refractivity contribution in [3.63, 3.8) is 0 Å². The van der Waals surface area contributed by atoms with Gasteiger partial charge in [-0.25, -0.2) is 9.78 Å². The monoisotopic (exact) mass is 487 g/mol. The molecule has 3 aromatic carbocycles. The lowest BCUT2D eigenvalue weighted by molar-refractivity contribution is -0.119. The zero-order valence-corrected chi connectivity index (χ0v) is 19.3. The average Bonchev–Trinajstić information content (AvgIpc) is 3.27. The highest BCUT2D eigenvalue weighted by Gasteiger charge is 2.20. The number of aromatic hydroxyl groups is 2. The third kappa shape index (κ3) is 4.89. The van der Waals surface area contributed by atoms with Crippen LogP contribution >= 0.6 is 0 Å². The van der Waals surface area contributed by atoms with E-state index in [9.17, 15) is 19.8 Å². The lowest BCUT2D eigenvalue weighted by Crippen LogP contribution is -2.28. The number of carbonyl (C=O) groups is 2. The summed E-state index contributed by atoms with van der Waals surface area (Å²) >= 11 is 0. The summed E-state index contributed by atoms with van der Waals surface area (Å²) in [6.45, 7) is 0.121. The lowest BCUT2D eigenvalue weighted by atomic mass is 9.94. The number of fused-ring (bicyclic) bond motifs is 1. The number of amides is 3. The number of aromatic nitrogens is 2. The van der Waals surface area contributed by atoms with Crippen molar-refractivity contribution in [2.45, 2.75) is 13.0 Å². The Balaban J connectivity index is 1.88. The molecule has 0 spiro atoms. The van der Waals surface area contributed by atoms with Gasteiger partial charge in [-0.15, -0.1) is 0 Å². The Hall–Kier alpha value is -5.06. The second-order valence-electron chi connectivity index (χ2n) is 8.19. The molecule has 0 aliphatic heterocycles. The minimum Gasteiger partial charge on any atom is -0.507 e. The molecule has 0 unspecified atom stereocenters. The highest BCUT2D eigenvalue weighted by atomic mass is 16.3. The third-order valence-corrected chi connectivity index (χ3v) is 5.68. The predicted octanol–water partition coefficient (Wildman–Crippen LogP) is 2.05. The number of hydrogen-bond acceptors (Lipinski definition) is 6. The molecule has 0 saturated heterocycles. The fourth-order valence-electron chi connectivity index (χ4n) is 3.86. The number of benzene rings is 3. The van der Waals surface area contributed by atoms with Crippen molar-refractivity contribution >= 4 is 28.8 Å². The number of carbonyl (C=O) groups excluding carboxylic acids is 2. The highest BCUT2D eigenvalue weighted by Crippen LogP contribution is 2.42. The predicted molar refractivity (Wildman–Crippen MR) is 136 cm³/mol. The van der Waals surface area contributed by atoms with E-state index >= 15 is 0 Å². The molecule has 0 aliphatic rings. The smallest absolute Gasteiger partial charge is 0.312 e. The van der Waals surface area contributed by atoms with Crippen LogP contribution in [0.25, 0.3) is 33.5 Å². The van der Waals surface area contributed by atoms with Gasteiger partial charge in [-0.2, -0.15) is 0 Å². The summed E-state index contributed by atoms with van der Waals surface area (Å²) in [5.74, 6) is -0.276. The Labute approximate surface area is 205 Å². The number of likely N-dealkylation sites (N-methyl/N-ethyl adjacent to an activating group) is 1. The van der Waals surface area contributed by atoms with Gasteiger partial charge in [0, 0.05) is 30.3 Å². The van der Waals surface area contributed by atoms with Crippen LogP contribution in [0.5, 0.6) is 11.5 Å². The zero-order valence-electron chi connectivity index (χ0n) is 19.3. The van der Waals surface area contributed by atoms with E-state index in [0.717, 1.165) is 0 Å². The second-order valence-corrected chi connectivity index (χ2v) is 8.19. The maximum Gasteiger partial charge on any atom is 0.312 e. The van der Waals surface area contributed by atoms with Gasteiger partial charge in [0.25, 0.3) is 0 Å². The first-order valence-corrected chi connectivity index (χ1v) is 10.9. The molecule has 0 fully saturated rings. The largest absolute Gasteiger partial charge is 0.507 e. The second kappa shape index (κ2) is 9.66. The van der Waals surface area contributed by atoms with Gasteiger partial charge in [0.2, 0.25) is 5.91 Å². The number of aromatic amines is 1. The van der Waals surface area contributed by atoms with E-state index in [4.69, 9.17) is 16.9 Å². The van der Waals surface area contributed by atoms with Crippen molar-refractivity contribution in [3.05, 3.63) is 65.2 Å². The van der Waals surface area contributed by atoms with Gasteiger partial charge < -0.3 is 37.3 Å². The number of phenolic OH excluding ortho intramolecular Hbond substituents is 2. The Morgan fingerprint density at radius 3 is 2.42 bits per heavy atom. The molecule has 184 valence electrons. The number of nitrogens with zero attached hydrogens (tertiary/aromatic N) is 1. The molecule has 1 heterocycles. The molecule has 36 heavy (non-hydrogen) atoms. The molecule has 3 amide bonds. The summed E-state index contributed by atoms with van der Waals surface area (Å²) < 4.78 is 0. The van der Waals surface area contributed by atoms with Crippen LogP contribution in [0.4, 0.5) is 4.79 Å². The van der Waals surface area contributed by atoms with Crippen molar-refractivity contribution in [1.29, 1.82) is 5.41 Å². The number of imidazole rings is 1. The van der Waals surface area contributed by atoms with Crippen LogP contribution in [-0.4, -0.2) is 45.0 Å². The fraction of sp³-hybridized carbons (Fsp3) is 0.120. The minimum absolute atomic E-state index is 0.0230. The van der Waals surface area contributed by atoms with Crippen LogP contribution in [0.3, 0.4) is 0 Å². The van der Waals surface area contributed by atoms with Gasteiger partial charge in [0.05, 0.1) is 23.0 Å². The van der Waals surface area contributed by atoms with Crippen LogP contribution < -0.4 is 22.1 Å². The number of phenols is 2. The van der Waals surface area contributed by atoms with Crippen LogP contribution in [-0.2, 0) is 17.8 Å². The van der Waals surface area contributed by atoms with Crippen LogP contribution in [0.1, 0.15) is 16.7 Å². The van der Waals surface area contributed by atoms with Gasteiger partial charge in [0.15, 0.2) is 0 Å². The number of amidine groups is 1. The number of hydrogen-bond donors (Lipinski definition) is 8. The summed E-state index contributed by atoms with van der Waals surface area (Å²) in [5.41, 5.74) is 14.6. The molecule has 11 heteroatoms. The SMILES string of the molecule is CNC(=O)Cc1cc(-c2nc3ccc(C(=N)N)cc3[nH]2)c(O)c(-c2cc(CNC(N)=O)ccc2O)c1. The number of rotatable bonds is 7. The molecule has 0 radical (unpaired) electrons. The first kappa shape index (κ1) is 24.1. The van der Waals surface area contributed by atoms with Gasteiger partial charge in [0.1, 0.15) is 23.2 Å². The normalized spacial score (nSPS) is 10.8. The number of H-pyrrole nitrogens is 1. The Kier molecular flexibility index (Phi) is 6.46. The highest BCUT2D eigenvalue weighted by molar-refractivity contribution is 5.98. The summed E-state index contributed by atoms with van der Waals surface area (Å²) in [5, 5.41) is 34.6. The standard InChI is InChI=1S/C25H25N7O4/c1-29-21(34)9-13-7-16(15-6-12(2-5-20(15)33)11-30-25(28)36)22(35)17(8-13)24-31-18-4-3-14(23(26)27)10-19(18)32-24/h2-8,10,33,35H,9,11H2,1H3,(H3,26,27)(H,29,34)(H,31,32)(H3,28,30,36). The van der Waals surface area contributed by atoms with Gasteiger partial charge in [-0.3, -0.25) is 10.2 Å². The topological polar surface area (TPSA) is 203 Å². The van der Waals surface area contributed by atoms with Gasteiger partial charge >= 0.3 is 6.03 Å². The number of urea groups is 1. The molecule has 1 aromatic heterocycles. The number of primary amides is 1. The number of nitrogen functional groups attached to an aromatic ring is 1. The van der Waals surface area contributed by atoms with E-state index < -0.39 is 6.03 Å². The average molecular weight is 488 g/mol.